The molecule has 31 heavy (non-hydrogen) atoms. The summed E-state index contributed by atoms with van der Waals surface area (Å²) < 4.78 is 27.6. The molecule has 0 aliphatic rings. The van der Waals surface area contributed by atoms with Crippen LogP contribution in [0.25, 0.3) is 0 Å². The van der Waals surface area contributed by atoms with Gasteiger partial charge in [-0.15, -0.1) is 0 Å². The number of amides is 1. The van der Waals surface area contributed by atoms with E-state index in [-0.39, 0.29) is 16.3 Å². The highest BCUT2D eigenvalue weighted by Crippen LogP contribution is 2.29. The van der Waals surface area contributed by atoms with Gasteiger partial charge in [0.25, 0.3) is 15.9 Å². The zero-order valence-corrected chi connectivity index (χ0v) is 18.1. The zero-order valence-electron chi connectivity index (χ0n) is 16.6. The number of benzene rings is 3. The van der Waals surface area contributed by atoms with Crippen LogP contribution in [0.2, 0.25) is 5.02 Å². The predicted octanol–water partition coefficient (Wildman–Crippen LogP) is 3.70. The highest BCUT2D eigenvalue weighted by molar-refractivity contribution is 7.92. The number of hydrazone groups is 1. The minimum atomic E-state index is -4.05. The number of aromatic hydroxyl groups is 1. The average Bonchev–Trinajstić information content (AvgIpc) is 2.76. The van der Waals surface area contributed by atoms with Gasteiger partial charge in [0.2, 0.25) is 0 Å². The van der Waals surface area contributed by atoms with Crippen LogP contribution in [0.5, 0.6) is 5.75 Å². The molecule has 3 rings (SSSR count). The molecule has 0 saturated heterocycles. The molecular weight excluding hydrogens is 438 g/mol. The van der Waals surface area contributed by atoms with Gasteiger partial charge in [-0.25, -0.2) is 13.8 Å². The van der Waals surface area contributed by atoms with Gasteiger partial charge < -0.3 is 5.11 Å². The van der Waals surface area contributed by atoms with E-state index in [2.05, 4.69) is 10.5 Å². The largest absolute Gasteiger partial charge is 0.507 e. The van der Waals surface area contributed by atoms with E-state index >= 15 is 0 Å². The molecule has 1 amide bonds. The van der Waals surface area contributed by atoms with E-state index in [1.165, 1.54) is 30.5 Å². The lowest BCUT2D eigenvalue weighted by Gasteiger charge is -2.25. The Morgan fingerprint density at radius 1 is 1.10 bits per heavy atom. The molecule has 7 nitrogen and oxygen atoms in total. The second-order valence-corrected chi connectivity index (χ2v) is 8.91. The van der Waals surface area contributed by atoms with E-state index in [9.17, 15) is 18.3 Å². The predicted molar refractivity (Wildman–Crippen MR) is 121 cm³/mol. The lowest BCUT2D eigenvalue weighted by atomic mass is 10.2. The molecule has 0 radical (unpaired) electrons. The van der Waals surface area contributed by atoms with Crippen molar-refractivity contribution in [1.82, 2.24) is 5.43 Å². The summed E-state index contributed by atoms with van der Waals surface area (Å²) in [4.78, 5) is 12.6. The maximum Gasteiger partial charge on any atom is 0.264 e. The van der Waals surface area contributed by atoms with E-state index in [4.69, 9.17) is 11.6 Å². The standard InChI is InChI=1S/C22H20ClN3O4S/c1-16-11-12-18(23)13-20(16)26(31(29,30)19-8-3-2-4-9-19)15-22(28)25-24-14-17-7-5-6-10-21(17)27/h2-14,27H,15H2,1H3,(H,25,28)/b24-14-. The highest BCUT2D eigenvalue weighted by Gasteiger charge is 2.28. The number of anilines is 1. The number of hydrogen-bond donors (Lipinski definition) is 2. The molecule has 2 N–H and O–H groups in total. The Balaban J connectivity index is 1.89. The average molecular weight is 458 g/mol. The van der Waals surface area contributed by atoms with Gasteiger partial charge in [-0.05, 0) is 48.9 Å². The van der Waals surface area contributed by atoms with E-state index < -0.39 is 22.5 Å². The summed E-state index contributed by atoms with van der Waals surface area (Å²) in [5.41, 5.74) is 3.62. The molecule has 0 spiro atoms. The third-order valence-corrected chi connectivity index (χ3v) is 6.40. The number of para-hydroxylation sites is 1. The third kappa shape index (κ3) is 5.42. The molecular formula is C22H20ClN3O4S. The molecule has 0 fully saturated rings. The summed E-state index contributed by atoms with van der Waals surface area (Å²) >= 11 is 6.09. The van der Waals surface area contributed by atoms with Gasteiger partial charge in [-0.2, -0.15) is 5.10 Å². The summed E-state index contributed by atoms with van der Waals surface area (Å²) in [6, 6.07) is 19.1. The number of nitrogens with zero attached hydrogens (tertiary/aromatic N) is 2. The maximum absolute atomic E-state index is 13.3. The second-order valence-electron chi connectivity index (χ2n) is 6.61. The minimum absolute atomic E-state index is 0.00309. The van der Waals surface area contributed by atoms with Crippen LogP contribution in [0.1, 0.15) is 11.1 Å². The molecule has 9 heteroatoms. The molecule has 0 unspecified atom stereocenters. The maximum atomic E-state index is 13.3. The molecule has 0 aromatic heterocycles. The Morgan fingerprint density at radius 2 is 1.77 bits per heavy atom. The van der Waals surface area contributed by atoms with Crippen molar-refractivity contribution in [2.75, 3.05) is 10.8 Å². The Bertz CT molecular complexity index is 1210. The number of halogens is 1. The van der Waals surface area contributed by atoms with Crippen molar-refractivity contribution in [3.05, 3.63) is 88.9 Å². The molecule has 0 aliphatic carbocycles. The van der Waals surface area contributed by atoms with Crippen LogP contribution in [0.4, 0.5) is 5.69 Å². The number of rotatable bonds is 7. The number of sulfonamides is 1. The normalized spacial score (nSPS) is 11.4. The zero-order chi connectivity index (χ0) is 22.4. The van der Waals surface area contributed by atoms with Gasteiger partial charge in [0, 0.05) is 10.6 Å². The summed E-state index contributed by atoms with van der Waals surface area (Å²) in [6.45, 7) is 1.21. The van der Waals surface area contributed by atoms with Crippen LogP contribution in [-0.2, 0) is 14.8 Å². The molecule has 0 aliphatic heterocycles. The first kappa shape index (κ1) is 22.3. The fourth-order valence-corrected chi connectivity index (χ4v) is 4.47. The lowest BCUT2D eigenvalue weighted by molar-refractivity contribution is -0.119. The summed E-state index contributed by atoms with van der Waals surface area (Å²) in [5.74, 6) is -0.658. The van der Waals surface area contributed by atoms with Crippen LogP contribution in [-0.4, -0.2) is 32.2 Å². The first-order chi connectivity index (χ1) is 14.8. The van der Waals surface area contributed by atoms with Gasteiger partial charge in [-0.3, -0.25) is 9.10 Å². The Kier molecular flexibility index (Phi) is 6.94. The summed E-state index contributed by atoms with van der Waals surface area (Å²) in [7, 11) is -4.05. The van der Waals surface area contributed by atoms with Crippen molar-refractivity contribution in [2.24, 2.45) is 5.10 Å². The van der Waals surface area contributed by atoms with Crippen LogP contribution in [0, 0.1) is 6.92 Å². The molecule has 0 heterocycles. The lowest BCUT2D eigenvalue weighted by Crippen LogP contribution is -2.40. The summed E-state index contributed by atoms with van der Waals surface area (Å²) in [5, 5.41) is 13.9. The van der Waals surface area contributed by atoms with Crippen molar-refractivity contribution in [2.45, 2.75) is 11.8 Å². The Labute approximate surface area is 185 Å². The fourth-order valence-electron chi connectivity index (χ4n) is 2.81. The monoisotopic (exact) mass is 457 g/mol. The van der Waals surface area contributed by atoms with E-state index in [1.807, 2.05) is 0 Å². The van der Waals surface area contributed by atoms with Crippen molar-refractivity contribution in [3.8, 4) is 5.75 Å². The number of phenolic OH excluding ortho intramolecular Hbond substituents is 1. The quantitative estimate of drug-likeness (QED) is 0.417. The van der Waals surface area contributed by atoms with Crippen molar-refractivity contribution < 1.29 is 18.3 Å². The Hall–Kier alpha value is -3.36. The van der Waals surface area contributed by atoms with Crippen LogP contribution in [0.15, 0.2) is 82.8 Å². The van der Waals surface area contributed by atoms with Crippen LogP contribution >= 0.6 is 11.6 Å². The van der Waals surface area contributed by atoms with Crippen molar-refractivity contribution >= 4 is 39.4 Å². The molecule has 160 valence electrons. The Morgan fingerprint density at radius 3 is 2.48 bits per heavy atom. The number of nitrogens with one attached hydrogen (secondary N) is 1. The molecule has 3 aromatic carbocycles. The van der Waals surface area contributed by atoms with Crippen LogP contribution < -0.4 is 9.73 Å². The molecule has 0 atom stereocenters. The number of carbonyl (C=O) groups is 1. The van der Waals surface area contributed by atoms with E-state index in [0.29, 0.717) is 16.1 Å². The van der Waals surface area contributed by atoms with Gasteiger partial charge in [0.15, 0.2) is 0 Å². The van der Waals surface area contributed by atoms with Gasteiger partial charge in [0.05, 0.1) is 16.8 Å². The first-order valence-corrected chi connectivity index (χ1v) is 11.0. The first-order valence-electron chi connectivity index (χ1n) is 9.23. The topological polar surface area (TPSA) is 99.1 Å². The molecule has 0 saturated carbocycles. The van der Waals surface area contributed by atoms with Gasteiger partial charge in [-0.1, -0.05) is 48.0 Å². The van der Waals surface area contributed by atoms with Crippen LogP contribution in [0.3, 0.4) is 0 Å². The van der Waals surface area contributed by atoms with Gasteiger partial charge >= 0.3 is 0 Å². The smallest absolute Gasteiger partial charge is 0.264 e. The number of phenols is 1. The van der Waals surface area contributed by atoms with E-state index in [0.717, 1.165) is 4.31 Å². The third-order valence-electron chi connectivity index (χ3n) is 4.39. The molecule has 0 bridgehead atoms. The van der Waals surface area contributed by atoms with Crippen molar-refractivity contribution in [3.63, 3.8) is 0 Å². The van der Waals surface area contributed by atoms with E-state index in [1.54, 1.807) is 55.5 Å². The minimum Gasteiger partial charge on any atom is -0.507 e. The molecule has 3 aromatic rings. The number of hydrogen-bond acceptors (Lipinski definition) is 5. The number of carbonyl (C=O) groups excluding carboxylic acids is 1. The summed E-state index contributed by atoms with van der Waals surface area (Å²) in [6.07, 6.45) is 1.27. The highest BCUT2D eigenvalue weighted by atomic mass is 35.5. The number of aryl methyl sites for hydroxylation is 1. The fraction of sp³-hybridized carbons (Fsp3) is 0.0909. The second kappa shape index (κ2) is 9.63. The SMILES string of the molecule is Cc1ccc(Cl)cc1N(CC(=O)N/N=C\c1ccccc1O)S(=O)(=O)c1ccccc1. The van der Waals surface area contributed by atoms with Crippen molar-refractivity contribution in [1.29, 1.82) is 0 Å². The van der Waals surface area contributed by atoms with Gasteiger partial charge in [0.1, 0.15) is 12.3 Å².